The number of benzene rings is 1. The number of hydrogen-bond acceptors (Lipinski definition) is 2. The SMILES string of the molecule is Cc1nc(NC(N)=O)ccc1-c1ccc(Cl)cc1. The molecular formula is C13H12ClN3O. The lowest BCUT2D eigenvalue weighted by molar-refractivity contribution is 0.259. The van der Waals surface area contributed by atoms with E-state index in [0.29, 0.717) is 10.8 Å². The van der Waals surface area contributed by atoms with Gasteiger partial charge in [0.2, 0.25) is 0 Å². The quantitative estimate of drug-likeness (QED) is 0.872. The summed E-state index contributed by atoms with van der Waals surface area (Å²) in [7, 11) is 0. The van der Waals surface area contributed by atoms with Crippen molar-refractivity contribution in [1.82, 2.24) is 4.98 Å². The van der Waals surface area contributed by atoms with Crippen LogP contribution in [-0.4, -0.2) is 11.0 Å². The van der Waals surface area contributed by atoms with Crippen LogP contribution in [0, 0.1) is 6.92 Å². The molecule has 0 aliphatic heterocycles. The smallest absolute Gasteiger partial charge is 0.317 e. The van der Waals surface area contributed by atoms with Crippen molar-refractivity contribution in [3.8, 4) is 11.1 Å². The van der Waals surface area contributed by atoms with Gasteiger partial charge in [-0.05, 0) is 36.8 Å². The van der Waals surface area contributed by atoms with Crippen molar-refractivity contribution >= 4 is 23.4 Å². The molecule has 0 fully saturated rings. The summed E-state index contributed by atoms with van der Waals surface area (Å²) in [5, 5.41) is 3.13. The summed E-state index contributed by atoms with van der Waals surface area (Å²) < 4.78 is 0. The van der Waals surface area contributed by atoms with Crippen molar-refractivity contribution in [3.63, 3.8) is 0 Å². The second kappa shape index (κ2) is 5.06. The highest BCUT2D eigenvalue weighted by Crippen LogP contribution is 2.24. The standard InChI is InChI=1S/C13H12ClN3O/c1-8-11(9-2-4-10(14)5-3-9)6-7-12(16-8)17-13(15)18/h2-7H,1H3,(H3,15,16,17,18). The number of aromatic nitrogens is 1. The summed E-state index contributed by atoms with van der Waals surface area (Å²) in [6, 6.07) is 10.5. The third kappa shape index (κ3) is 2.78. The zero-order chi connectivity index (χ0) is 13.1. The molecule has 0 spiro atoms. The maximum atomic E-state index is 10.7. The molecule has 0 saturated carbocycles. The van der Waals surface area contributed by atoms with E-state index in [9.17, 15) is 4.79 Å². The van der Waals surface area contributed by atoms with Gasteiger partial charge in [0.1, 0.15) is 5.82 Å². The molecule has 2 rings (SSSR count). The number of rotatable bonds is 2. The Morgan fingerprint density at radius 3 is 2.44 bits per heavy atom. The number of nitrogens with one attached hydrogen (secondary N) is 1. The van der Waals surface area contributed by atoms with Gasteiger partial charge < -0.3 is 5.73 Å². The number of nitrogens with two attached hydrogens (primary N) is 1. The van der Waals surface area contributed by atoms with Crippen LogP contribution >= 0.6 is 11.6 Å². The lowest BCUT2D eigenvalue weighted by atomic mass is 10.0. The average Bonchev–Trinajstić information content (AvgIpc) is 2.30. The Bertz CT molecular complexity index is 581. The van der Waals surface area contributed by atoms with Gasteiger partial charge in [0.05, 0.1) is 0 Å². The topological polar surface area (TPSA) is 68.0 Å². The number of anilines is 1. The second-order valence-corrected chi connectivity index (χ2v) is 4.26. The van der Waals surface area contributed by atoms with Crippen molar-refractivity contribution in [3.05, 3.63) is 47.1 Å². The highest BCUT2D eigenvalue weighted by atomic mass is 35.5. The third-order valence-electron chi connectivity index (χ3n) is 2.49. The Morgan fingerprint density at radius 1 is 1.22 bits per heavy atom. The first-order valence-corrected chi connectivity index (χ1v) is 5.74. The molecule has 0 bridgehead atoms. The van der Waals surface area contributed by atoms with Crippen LogP contribution < -0.4 is 11.1 Å². The summed E-state index contributed by atoms with van der Waals surface area (Å²) in [6.07, 6.45) is 0. The third-order valence-corrected chi connectivity index (χ3v) is 2.74. The van der Waals surface area contributed by atoms with Crippen molar-refractivity contribution in [2.24, 2.45) is 5.73 Å². The average molecular weight is 262 g/mol. The lowest BCUT2D eigenvalue weighted by Crippen LogP contribution is -2.20. The number of hydrogen-bond donors (Lipinski definition) is 2. The van der Waals surface area contributed by atoms with Gasteiger partial charge in [0.15, 0.2) is 0 Å². The molecule has 0 radical (unpaired) electrons. The summed E-state index contributed by atoms with van der Waals surface area (Å²) in [5.41, 5.74) is 7.86. The maximum absolute atomic E-state index is 10.7. The number of urea groups is 1. The molecule has 0 unspecified atom stereocenters. The molecule has 18 heavy (non-hydrogen) atoms. The molecule has 0 atom stereocenters. The molecule has 3 N–H and O–H groups in total. The van der Waals surface area contributed by atoms with Gasteiger partial charge in [-0.1, -0.05) is 23.7 Å². The van der Waals surface area contributed by atoms with Crippen LogP contribution in [0.5, 0.6) is 0 Å². The summed E-state index contributed by atoms with van der Waals surface area (Å²) in [4.78, 5) is 15.0. The summed E-state index contributed by atoms with van der Waals surface area (Å²) in [5.74, 6) is 0.442. The van der Waals surface area contributed by atoms with Gasteiger partial charge in [-0.15, -0.1) is 0 Å². The summed E-state index contributed by atoms with van der Waals surface area (Å²) in [6.45, 7) is 1.87. The fourth-order valence-electron chi connectivity index (χ4n) is 1.69. The Kier molecular flexibility index (Phi) is 3.48. The molecule has 92 valence electrons. The van der Waals surface area contributed by atoms with Crippen LogP contribution in [0.25, 0.3) is 11.1 Å². The number of primary amides is 1. The molecule has 1 heterocycles. The number of halogens is 1. The highest BCUT2D eigenvalue weighted by molar-refractivity contribution is 6.30. The summed E-state index contributed by atoms with van der Waals surface area (Å²) >= 11 is 5.84. The second-order valence-electron chi connectivity index (χ2n) is 3.83. The molecule has 1 aromatic carbocycles. The molecule has 0 aliphatic carbocycles. The molecule has 4 nitrogen and oxygen atoms in total. The number of carbonyl (C=O) groups excluding carboxylic acids is 1. The normalized spacial score (nSPS) is 10.1. The van der Waals surface area contributed by atoms with Crippen LogP contribution in [0.4, 0.5) is 10.6 Å². The maximum Gasteiger partial charge on any atom is 0.317 e. The van der Waals surface area contributed by atoms with E-state index in [1.807, 2.05) is 37.3 Å². The van der Waals surface area contributed by atoms with Gasteiger partial charge in [-0.3, -0.25) is 5.32 Å². The fraction of sp³-hybridized carbons (Fsp3) is 0.0769. The number of amides is 2. The number of nitrogens with zero attached hydrogens (tertiary/aromatic N) is 1. The van der Waals surface area contributed by atoms with Crippen LogP contribution in [0.3, 0.4) is 0 Å². The fourth-order valence-corrected chi connectivity index (χ4v) is 1.82. The predicted octanol–water partition coefficient (Wildman–Crippen LogP) is 3.20. The van der Waals surface area contributed by atoms with E-state index in [0.717, 1.165) is 16.8 Å². The minimum atomic E-state index is -0.624. The molecule has 2 aromatic rings. The minimum Gasteiger partial charge on any atom is -0.351 e. The van der Waals surface area contributed by atoms with Crippen molar-refractivity contribution in [1.29, 1.82) is 0 Å². The van der Waals surface area contributed by atoms with Crippen LogP contribution in [0.1, 0.15) is 5.69 Å². The van der Waals surface area contributed by atoms with Crippen LogP contribution in [0.2, 0.25) is 5.02 Å². The Hall–Kier alpha value is -2.07. The molecule has 2 amide bonds. The van der Waals surface area contributed by atoms with Crippen molar-refractivity contribution in [2.75, 3.05) is 5.32 Å². The van der Waals surface area contributed by atoms with Crippen molar-refractivity contribution in [2.45, 2.75) is 6.92 Å². The van der Waals surface area contributed by atoms with E-state index in [1.54, 1.807) is 6.07 Å². The highest BCUT2D eigenvalue weighted by Gasteiger charge is 2.05. The number of aryl methyl sites for hydroxylation is 1. The Balaban J connectivity index is 2.35. The van der Waals surface area contributed by atoms with E-state index < -0.39 is 6.03 Å². The minimum absolute atomic E-state index is 0.442. The molecule has 5 heteroatoms. The first kappa shape index (κ1) is 12.4. The van der Waals surface area contributed by atoms with Gasteiger partial charge in [0, 0.05) is 16.3 Å². The first-order valence-electron chi connectivity index (χ1n) is 5.36. The largest absolute Gasteiger partial charge is 0.351 e. The molecule has 0 saturated heterocycles. The Morgan fingerprint density at radius 2 is 1.89 bits per heavy atom. The first-order chi connectivity index (χ1) is 8.56. The van der Waals surface area contributed by atoms with E-state index in [4.69, 9.17) is 17.3 Å². The monoisotopic (exact) mass is 261 g/mol. The van der Waals surface area contributed by atoms with E-state index >= 15 is 0 Å². The van der Waals surface area contributed by atoms with E-state index in [2.05, 4.69) is 10.3 Å². The zero-order valence-corrected chi connectivity index (χ0v) is 10.5. The zero-order valence-electron chi connectivity index (χ0n) is 9.77. The predicted molar refractivity (Wildman–Crippen MR) is 72.6 cm³/mol. The molecular weight excluding hydrogens is 250 g/mol. The van der Waals surface area contributed by atoms with Crippen molar-refractivity contribution < 1.29 is 4.79 Å². The molecule has 0 aliphatic rings. The molecule has 1 aromatic heterocycles. The van der Waals surface area contributed by atoms with Crippen LogP contribution in [0.15, 0.2) is 36.4 Å². The van der Waals surface area contributed by atoms with Gasteiger partial charge in [-0.2, -0.15) is 0 Å². The van der Waals surface area contributed by atoms with Gasteiger partial charge >= 0.3 is 6.03 Å². The van der Waals surface area contributed by atoms with E-state index in [1.165, 1.54) is 0 Å². The Labute approximate surface area is 110 Å². The van der Waals surface area contributed by atoms with Gasteiger partial charge in [-0.25, -0.2) is 9.78 Å². The lowest BCUT2D eigenvalue weighted by Gasteiger charge is -2.08. The number of carbonyl (C=O) groups is 1. The van der Waals surface area contributed by atoms with Gasteiger partial charge in [0.25, 0.3) is 0 Å². The van der Waals surface area contributed by atoms with E-state index in [-0.39, 0.29) is 0 Å². The van der Waals surface area contributed by atoms with Crippen LogP contribution in [-0.2, 0) is 0 Å². The number of pyridine rings is 1.